The van der Waals surface area contributed by atoms with Gasteiger partial charge in [-0.25, -0.2) is 0 Å². The van der Waals surface area contributed by atoms with Gasteiger partial charge < -0.3 is 10.6 Å². The zero-order valence-electron chi connectivity index (χ0n) is 7.92. The van der Waals surface area contributed by atoms with Gasteiger partial charge >= 0.3 is 0 Å². The van der Waals surface area contributed by atoms with Crippen molar-refractivity contribution in [3.05, 3.63) is 0 Å². The van der Waals surface area contributed by atoms with Crippen LogP contribution in [0.15, 0.2) is 0 Å². The molecule has 2 atom stereocenters. The van der Waals surface area contributed by atoms with Crippen molar-refractivity contribution in [3.63, 3.8) is 0 Å². The third-order valence-corrected chi connectivity index (χ3v) is 2.69. The van der Waals surface area contributed by atoms with E-state index in [1.165, 1.54) is 0 Å². The van der Waals surface area contributed by atoms with Crippen molar-refractivity contribution in [2.75, 3.05) is 13.1 Å². The van der Waals surface area contributed by atoms with Gasteiger partial charge in [0.2, 0.25) is 5.91 Å². The molecule has 1 amide bonds. The van der Waals surface area contributed by atoms with Crippen LogP contribution < -0.4 is 5.73 Å². The fraction of sp³-hybridized carbons (Fsp3) is 0.889. The van der Waals surface area contributed by atoms with Gasteiger partial charge in [0.25, 0.3) is 0 Å². The first-order valence-corrected chi connectivity index (χ1v) is 4.68. The Hall–Kier alpha value is -0.570. The number of carbonyl (C=O) groups is 1. The minimum atomic E-state index is 0.278. The summed E-state index contributed by atoms with van der Waals surface area (Å²) in [7, 11) is 0. The SMILES string of the molecule is CCC(C)N1CC(CN)CC1=O. The van der Waals surface area contributed by atoms with Crippen LogP contribution in [-0.2, 0) is 4.79 Å². The number of rotatable bonds is 3. The molecule has 12 heavy (non-hydrogen) atoms. The molecule has 0 radical (unpaired) electrons. The van der Waals surface area contributed by atoms with Gasteiger partial charge in [0, 0.05) is 19.0 Å². The van der Waals surface area contributed by atoms with Crippen LogP contribution in [0.2, 0.25) is 0 Å². The van der Waals surface area contributed by atoms with E-state index >= 15 is 0 Å². The molecule has 1 rings (SSSR count). The summed E-state index contributed by atoms with van der Waals surface area (Å²) >= 11 is 0. The highest BCUT2D eigenvalue weighted by Crippen LogP contribution is 2.19. The maximum atomic E-state index is 11.4. The summed E-state index contributed by atoms with van der Waals surface area (Å²) in [6.07, 6.45) is 1.68. The highest BCUT2D eigenvalue weighted by molar-refractivity contribution is 5.78. The number of hydrogen-bond donors (Lipinski definition) is 1. The van der Waals surface area contributed by atoms with Crippen LogP contribution in [0.4, 0.5) is 0 Å². The van der Waals surface area contributed by atoms with E-state index in [0.29, 0.717) is 24.9 Å². The first kappa shape index (κ1) is 9.52. The lowest BCUT2D eigenvalue weighted by Gasteiger charge is -2.23. The average molecular weight is 170 g/mol. The minimum absolute atomic E-state index is 0.278. The number of likely N-dealkylation sites (tertiary alicyclic amines) is 1. The fourth-order valence-corrected chi connectivity index (χ4v) is 1.61. The lowest BCUT2D eigenvalue weighted by atomic mass is 10.1. The van der Waals surface area contributed by atoms with Crippen molar-refractivity contribution in [3.8, 4) is 0 Å². The van der Waals surface area contributed by atoms with Gasteiger partial charge in [0.1, 0.15) is 0 Å². The van der Waals surface area contributed by atoms with E-state index < -0.39 is 0 Å². The molecule has 70 valence electrons. The summed E-state index contributed by atoms with van der Waals surface area (Å²) in [5.74, 6) is 0.673. The molecule has 2 N–H and O–H groups in total. The zero-order chi connectivity index (χ0) is 9.14. The highest BCUT2D eigenvalue weighted by Gasteiger charge is 2.30. The predicted octanol–water partition coefficient (Wildman–Crippen LogP) is 0.592. The summed E-state index contributed by atoms with van der Waals surface area (Å²) in [6.45, 7) is 5.70. The molecule has 1 aliphatic heterocycles. The van der Waals surface area contributed by atoms with Gasteiger partial charge in [-0.2, -0.15) is 0 Å². The third-order valence-electron chi connectivity index (χ3n) is 2.69. The van der Waals surface area contributed by atoms with E-state index in [2.05, 4.69) is 13.8 Å². The molecule has 0 aromatic rings. The molecule has 1 aliphatic rings. The lowest BCUT2D eigenvalue weighted by Crippen LogP contribution is -2.34. The molecule has 0 bridgehead atoms. The minimum Gasteiger partial charge on any atom is -0.340 e. The maximum Gasteiger partial charge on any atom is 0.223 e. The van der Waals surface area contributed by atoms with E-state index in [-0.39, 0.29) is 5.91 Å². The van der Waals surface area contributed by atoms with E-state index in [0.717, 1.165) is 13.0 Å². The first-order valence-electron chi connectivity index (χ1n) is 4.68. The molecule has 0 aromatic carbocycles. The Balaban J connectivity index is 2.51. The monoisotopic (exact) mass is 170 g/mol. The Morgan fingerprint density at radius 3 is 2.83 bits per heavy atom. The molecule has 3 heteroatoms. The third kappa shape index (κ3) is 1.78. The van der Waals surface area contributed by atoms with Crippen molar-refractivity contribution in [1.82, 2.24) is 4.90 Å². The smallest absolute Gasteiger partial charge is 0.223 e. The number of nitrogens with two attached hydrogens (primary N) is 1. The second-order valence-corrected chi connectivity index (χ2v) is 3.61. The maximum absolute atomic E-state index is 11.4. The molecule has 1 heterocycles. The van der Waals surface area contributed by atoms with Crippen molar-refractivity contribution in [2.45, 2.75) is 32.7 Å². The van der Waals surface area contributed by atoms with Crippen LogP contribution in [0.25, 0.3) is 0 Å². The van der Waals surface area contributed by atoms with Crippen LogP contribution in [0.1, 0.15) is 26.7 Å². The van der Waals surface area contributed by atoms with Gasteiger partial charge in [-0.05, 0) is 25.8 Å². The van der Waals surface area contributed by atoms with E-state index in [9.17, 15) is 4.79 Å². The number of amides is 1. The van der Waals surface area contributed by atoms with Crippen LogP contribution >= 0.6 is 0 Å². The molecule has 1 saturated heterocycles. The second kappa shape index (κ2) is 3.90. The summed E-state index contributed by atoms with van der Waals surface area (Å²) in [5.41, 5.74) is 5.52. The largest absolute Gasteiger partial charge is 0.340 e. The molecule has 0 aliphatic carbocycles. The Bertz CT molecular complexity index is 170. The average Bonchev–Trinajstić information content (AvgIpc) is 2.45. The van der Waals surface area contributed by atoms with E-state index in [1.54, 1.807) is 0 Å². The van der Waals surface area contributed by atoms with Crippen LogP contribution in [0.5, 0.6) is 0 Å². The fourth-order valence-electron chi connectivity index (χ4n) is 1.61. The summed E-state index contributed by atoms with van der Waals surface area (Å²) in [6, 6.07) is 0.383. The molecule has 0 aromatic heterocycles. The van der Waals surface area contributed by atoms with E-state index in [4.69, 9.17) is 5.73 Å². The van der Waals surface area contributed by atoms with Gasteiger partial charge in [-0.15, -0.1) is 0 Å². The molecule has 2 unspecified atom stereocenters. The molecule has 3 nitrogen and oxygen atoms in total. The topological polar surface area (TPSA) is 46.3 Å². The van der Waals surface area contributed by atoms with Crippen LogP contribution in [0.3, 0.4) is 0 Å². The van der Waals surface area contributed by atoms with E-state index in [1.807, 2.05) is 4.90 Å². The predicted molar refractivity (Wildman–Crippen MR) is 48.6 cm³/mol. The molecular weight excluding hydrogens is 152 g/mol. The molecule has 0 spiro atoms. The van der Waals surface area contributed by atoms with Gasteiger partial charge in [0.05, 0.1) is 0 Å². The van der Waals surface area contributed by atoms with Crippen molar-refractivity contribution in [1.29, 1.82) is 0 Å². The lowest BCUT2D eigenvalue weighted by molar-refractivity contribution is -0.129. The standard InChI is InChI=1S/C9H18N2O/c1-3-7(2)11-6-8(5-10)4-9(11)12/h7-8H,3-6,10H2,1-2H3. The van der Waals surface area contributed by atoms with Crippen molar-refractivity contribution in [2.24, 2.45) is 11.7 Å². The molecule has 1 fully saturated rings. The quantitative estimate of drug-likeness (QED) is 0.674. The summed E-state index contributed by atoms with van der Waals surface area (Å²) in [4.78, 5) is 13.4. The van der Waals surface area contributed by atoms with Crippen molar-refractivity contribution >= 4 is 5.91 Å². The Morgan fingerprint density at radius 2 is 2.42 bits per heavy atom. The van der Waals surface area contributed by atoms with Gasteiger partial charge in [-0.1, -0.05) is 6.92 Å². The van der Waals surface area contributed by atoms with Gasteiger partial charge in [0.15, 0.2) is 0 Å². The Morgan fingerprint density at radius 1 is 1.75 bits per heavy atom. The highest BCUT2D eigenvalue weighted by atomic mass is 16.2. The Labute approximate surface area is 73.9 Å². The summed E-state index contributed by atoms with van der Waals surface area (Å²) in [5, 5.41) is 0. The van der Waals surface area contributed by atoms with Crippen LogP contribution in [0, 0.1) is 5.92 Å². The summed E-state index contributed by atoms with van der Waals surface area (Å²) < 4.78 is 0. The number of carbonyl (C=O) groups excluding carboxylic acids is 1. The first-order chi connectivity index (χ1) is 5.69. The number of nitrogens with zero attached hydrogens (tertiary/aromatic N) is 1. The van der Waals surface area contributed by atoms with Crippen LogP contribution in [-0.4, -0.2) is 29.9 Å². The number of hydrogen-bond acceptors (Lipinski definition) is 2. The normalized spacial score (nSPS) is 26.4. The zero-order valence-corrected chi connectivity index (χ0v) is 7.92. The van der Waals surface area contributed by atoms with Crippen molar-refractivity contribution < 1.29 is 4.79 Å². The van der Waals surface area contributed by atoms with Gasteiger partial charge in [-0.3, -0.25) is 4.79 Å². The Kier molecular flexibility index (Phi) is 3.09. The second-order valence-electron chi connectivity index (χ2n) is 3.61. The molecule has 0 saturated carbocycles. The molecular formula is C9H18N2O.